The van der Waals surface area contributed by atoms with Crippen LogP contribution in [0.1, 0.15) is 37.4 Å². The smallest absolute Gasteiger partial charge is 0.321 e. The van der Waals surface area contributed by atoms with Gasteiger partial charge in [0, 0.05) is 24.4 Å². The summed E-state index contributed by atoms with van der Waals surface area (Å²) in [6.45, 7) is 2.02. The zero-order valence-corrected chi connectivity index (χ0v) is 20.7. The van der Waals surface area contributed by atoms with Crippen molar-refractivity contribution < 1.29 is 53.5 Å². The Hall–Kier alpha value is -4.10. The molecule has 0 spiro atoms. The summed E-state index contributed by atoms with van der Waals surface area (Å²) in [5.74, 6) is -5.80. The standard InChI is InChI=1S/C26H18F10N2O2/c1-12-9-14(24(30,25(31,32)33)26(34,35)36)10-13(2)21(12)37-22(39)17-5-4-6-19(20(17)29)38(3)23(40)16-8-7-15(27)11-18(16)28/h4-11H,1-3H3,(H,37,39). The van der Waals surface area contributed by atoms with Gasteiger partial charge in [0.15, 0.2) is 5.82 Å². The number of nitrogens with one attached hydrogen (secondary N) is 1. The van der Waals surface area contributed by atoms with Gasteiger partial charge < -0.3 is 10.2 Å². The topological polar surface area (TPSA) is 49.4 Å². The predicted molar refractivity (Wildman–Crippen MR) is 124 cm³/mol. The molecule has 3 aromatic carbocycles. The summed E-state index contributed by atoms with van der Waals surface area (Å²) in [5.41, 5.74) is -10.4. The lowest BCUT2D eigenvalue weighted by atomic mass is 9.90. The van der Waals surface area contributed by atoms with E-state index in [0.717, 1.165) is 51.2 Å². The quantitative estimate of drug-likeness (QED) is 0.317. The third-order valence-electron chi connectivity index (χ3n) is 6.00. The van der Waals surface area contributed by atoms with Crippen LogP contribution in [0.25, 0.3) is 0 Å². The van der Waals surface area contributed by atoms with Gasteiger partial charge in [-0.3, -0.25) is 9.59 Å². The number of halogens is 10. The van der Waals surface area contributed by atoms with Gasteiger partial charge in [0.25, 0.3) is 11.8 Å². The third-order valence-corrected chi connectivity index (χ3v) is 6.00. The highest BCUT2D eigenvalue weighted by Crippen LogP contribution is 2.53. The van der Waals surface area contributed by atoms with Crippen LogP contribution in [0.4, 0.5) is 55.3 Å². The molecule has 0 aliphatic rings. The SMILES string of the molecule is Cc1cc(C(F)(C(F)(F)F)C(F)(F)F)cc(C)c1NC(=O)c1cccc(N(C)C(=O)c2ccc(F)cc2F)c1F. The van der Waals surface area contributed by atoms with E-state index in [1.807, 2.05) is 0 Å². The number of anilines is 2. The molecule has 0 fully saturated rings. The summed E-state index contributed by atoms with van der Waals surface area (Å²) in [6.07, 6.45) is -12.7. The van der Waals surface area contributed by atoms with Crippen LogP contribution in [0.5, 0.6) is 0 Å². The summed E-state index contributed by atoms with van der Waals surface area (Å²) >= 11 is 0. The second-order valence-corrected chi connectivity index (χ2v) is 8.72. The zero-order valence-electron chi connectivity index (χ0n) is 20.7. The lowest BCUT2D eigenvalue weighted by Gasteiger charge is -2.31. The molecule has 0 aromatic heterocycles. The van der Waals surface area contributed by atoms with E-state index in [1.165, 1.54) is 0 Å². The number of carbonyl (C=O) groups is 2. The molecule has 0 atom stereocenters. The van der Waals surface area contributed by atoms with E-state index in [9.17, 15) is 49.1 Å². The summed E-state index contributed by atoms with van der Waals surface area (Å²) in [4.78, 5) is 26.1. The van der Waals surface area contributed by atoms with E-state index in [4.69, 9.17) is 0 Å². The molecule has 2 amide bonds. The van der Waals surface area contributed by atoms with E-state index < -0.39 is 80.8 Å². The lowest BCUT2D eigenvalue weighted by Crippen LogP contribution is -2.50. The van der Waals surface area contributed by atoms with Crippen molar-refractivity contribution in [1.29, 1.82) is 0 Å². The first-order chi connectivity index (χ1) is 18.3. The molecule has 0 unspecified atom stereocenters. The minimum Gasteiger partial charge on any atom is -0.321 e. The van der Waals surface area contributed by atoms with Crippen molar-refractivity contribution in [2.24, 2.45) is 0 Å². The molecule has 3 rings (SSSR count). The number of hydrogen-bond donors (Lipinski definition) is 1. The first-order valence-electron chi connectivity index (χ1n) is 11.1. The molecule has 0 bridgehead atoms. The van der Waals surface area contributed by atoms with Gasteiger partial charge in [-0.25, -0.2) is 17.6 Å². The Kier molecular flexibility index (Phi) is 7.97. The molecule has 14 heteroatoms. The lowest BCUT2D eigenvalue weighted by molar-refractivity contribution is -0.348. The van der Waals surface area contributed by atoms with Crippen LogP contribution in [0.2, 0.25) is 0 Å². The van der Waals surface area contributed by atoms with Crippen LogP contribution in [-0.2, 0) is 5.67 Å². The molecular formula is C26H18F10N2O2. The average Bonchev–Trinajstić information content (AvgIpc) is 2.83. The van der Waals surface area contributed by atoms with Gasteiger partial charge in [0.1, 0.15) is 11.6 Å². The van der Waals surface area contributed by atoms with Crippen molar-refractivity contribution in [2.45, 2.75) is 31.9 Å². The molecule has 0 saturated heterocycles. The number of alkyl halides is 7. The first kappa shape index (κ1) is 30.4. The van der Waals surface area contributed by atoms with Crippen molar-refractivity contribution in [3.8, 4) is 0 Å². The maximum atomic E-state index is 15.3. The summed E-state index contributed by atoms with van der Waals surface area (Å²) in [7, 11) is 1.04. The van der Waals surface area contributed by atoms with Gasteiger partial charge in [-0.2, -0.15) is 26.3 Å². The van der Waals surface area contributed by atoms with Gasteiger partial charge in [-0.05, 0) is 49.2 Å². The Morgan fingerprint density at radius 1 is 0.775 bits per heavy atom. The Labute approximate surface area is 220 Å². The number of rotatable bonds is 5. The predicted octanol–water partition coefficient (Wildman–Crippen LogP) is 7.54. The van der Waals surface area contributed by atoms with Crippen molar-refractivity contribution in [3.63, 3.8) is 0 Å². The molecule has 0 saturated carbocycles. The van der Waals surface area contributed by atoms with E-state index >= 15 is 4.39 Å². The van der Waals surface area contributed by atoms with Crippen molar-refractivity contribution >= 4 is 23.2 Å². The third kappa shape index (κ3) is 5.34. The molecule has 4 nitrogen and oxygen atoms in total. The number of benzene rings is 3. The highest BCUT2D eigenvalue weighted by atomic mass is 19.4. The van der Waals surface area contributed by atoms with Crippen LogP contribution in [-0.4, -0.2) is 31.2 Å². The molecule has 3 aromatic rings. The van der Waals surface area contributed by atoms with E-state index in [0.29, 0.717) is 11.0 Å². The van der Waals surface area contributed by atoms with Crippen LogP contribution >= 0.6 is 0 Å². The van der Waals surface area contributed by atoms with Crippen LogP contribution in [0, 0.1) is 31.3 Å². The fourth-order valence-electron chi connectivity index (χ4n) is 3.94. The highest BCUT2D eigenvalue weighted by molar-refractivity contribution is 6.09. The van der Waals surface area contributed by atoms with Gasteiger partial charge in [-0.15, -0.1) is 0 Å². The number of carbonyl (C=O) groups excluding carboxylic acids is 2. The average molecular weight is 580 g/mol. The second-order valence-electron chi connectivity index (χ2n) is 8.72. The van der Waals surface area contributed by atoms with Crippen molar-refractivity contribution in [3.05, 3.63) is 93.8 Å². The monoisotopic (exact) mass is 580 g/mol. The molecule has 0 aliphatic heterocycles. The second kappa shape index (κ2) is 10.5. The van der Waals surface area contributed by atoms with Crippen LogP contribution in [0.15, 0.2) is 48.5 Å². The van der Waals surface area contributed by atoms with Crippen molar-refractivity contribution in [1.82, 2.24) is 0 Å². The number of hydrogen-bond acceptors (Lipinski definition) is 2. The van der Waals surface area contributed by atoms with Crippen LogP contribution < -0.4 is 10.2 Å². The highest BCUT2D eigenvalue weighted by Gasteiger charge is 2.73. The van der Waals surface area contributed by atoms with E-state index in [1.54, 1.807) is 0 Å². The Bertz CT molecular complexity index is 1440. The molecular weight excluding hydrogens is 562 g/mol. The van der Waals surface area contributed by atoms with Gasteiger partial charge in [-0.1, -0.05) is 18.2 Å². The molecule has 214 valence electrons. The van der Waals surface area contributed by atoms with Gasteiger partial charge in [0.05, 0.1) is 16.8 Å². The molecule has 0 heterocycles. The zero-order chi connectivity index (χ0) is 30.4. The fraction of sp³-hybridized carbons (Fsp3) is 0.231. The summed E-state index contributed by atoms with van der Waals surface area (Å²) in [6, 6.07) is 5.77. The molecule has 0 radical (unpaired) electrons. The van der Waals surface area contributed by atoms with E-state index in [-0.39, 0.29) is 17.8 Å². The van der Waals surface area contributed by atoms with Gasteiger partial charge >= 0.3 is 18.0 Å². The largest absolute Gasteiger partial charge is 0.435 e. The molecule has 40 heavy (non-hydrogen) atoms. The van der Waals surface area contributed by atoms with Crippen molar-refractivity contribution in [2.75, 3.05) is 17.3 Å². The maximum Gasteiger partial charge on any atom is 0.435 e. The minimum absolute atomic E-state index is 0.264. The Morgan fingerprint density at radius 3 is 1.82 bits per heavy atom. The van der Waals surface area contributed by atoms with Crippen LogP contribution in [0.3, 0.4) is 0 Å². The van der Waals surface area contributed by atoms with E-state index in [2.05, 4.69) is 5.32 Å². The normalized spacial score (nSPS) is 12.3. The number of aryl methyl sites for hydroxylation is 2. The Morgan fingerprint density at radius 2 is 1.32 bits per heavy atom. The number of amides is 2. The van der Waals surface area contributed by atoms with Gasteiger partial charge in [0.2, 0.25) is 0 Å². The molecule has 1 N–H and O–H groups in total. The molecule has 0 aliphatic carbocycles. The summed E-state index contributed by atoms with van der Waals surface area (Å²) < 4.78 is 136. The fourth-order valence-corrected chi connectivity index (χ4v) is 3.94. The number of nitrogens with zero attached hydrogens (tertiary/aromatic N) is 1. The Balaban J connectivity index is 1.96. The maximum absolute atomic E-state index is 15.3. The summed E-state index contributed by atoms with van der Waals surface area (Å²) in [5, 5.41) is 2.17. The minimum atomic E-state index is -6.35. The first-order valence-corrected chi connectivity index (χ1v) is 11.1.